The second kappa shape index (κ2) is 9.67. The van der Waals surface area contributed by atoms with E-state index in [4.69, 9.17) is 34.8 Å². The number of amides is 1. The van der Waals surface area contributed by atoms with Gasteiger partial charge in [0.1, 0.15) is 0 Å². The maximum Gasteiger partial charge on any atom is 1.00 e. The number of carbonyl (C=O) groups is 1. The second-order valence-electron chi connectivity index (χ2n) is 3.92. The monoisotopic (exact) mass is 393 g/mol. The smallest absolute Gasteiger partial charge is 0.775 e. The molecule has 0 aromatic heterocycles. The fourth-order valence-electron chi connectivity index (χ4n) is 1.38. The van der Waals surface area contributed by atoms with Gasteiger partial charge < -0.3 is 19.3 Å². The molecule has 0 heterocycles. The van der Waals surface area contributed by atoms with E-state index in [0.29, 0.717) is 5.56 Å². The molecule has 1 rings (SSSR count). The van der Waals surface area contributed by atoms with Gasteiger partial charge in [-0.3, -0.25) is 4.79 Å². The summed E-state index contributed by atoms with van der Waals surface area (Å²) < 4.78 is 13.5. The largest absolute Gasteiger partial charge is 1.00 e. The molecule has 0 aliphatic rings. The topological polar surface area (TPSA) is 78.5 Å². The van der Waals surface area contributed by atoms with Gasteiger partial charge in [0, 0.05) is 7.11 Å². The van der Waals surface area contributed by atoms with E-state index >= 15 is 0 Å². The average molecular weight is 395 g/mol. The van der Waals surface area contributed by atoms with Crippen molar-refractivity contribution < 1.29 is 48.3 Å². The van der Waals surface area contributed by atoms with Gasteiger partial charge in [-0.15, -0.1) is 0 Å². The summed E-state index contributed by atoms with van der Waals surface area (Å²) >= 11 is 16.5. The zero-order valence-electron chi connectivity index (χ0n) is 11.8. The summed E-state index contributed by atoms with van der Waals surface area (Å²) in [5.74, 6) is -0.0206. The third kappa shape index (κ3) is 7.82. The Morgan fingerprint density at radius 2 is 1.91 bits per heavy atom. The van der Waals surface area contributed by atoms with Crippen molar-refractivity contribution in [3.05, 3.63) is 47.8 Å². The molecule has 1 aromatic rings. The maximum absolute atomic E-state index is 11.7. The number of halogens is 3. The molecule has 0 aliphatic carbocycles. The maximum atomic E-state index is 11.7. The van der Waals surface area contributed by atoms with E-state index in [1.807, 2.05) is 0 Å². The van der Waals surface area contributed by atoms with Crippen LogP contribution in [0.2, 0.25) is 0 Å². The minimum Gasteiger partial charge on any atom is -0.775 e. The first-order valence-electron chi connectivity index (χ1n) is 5.64. The molecule has 2 unspecified atom stereocenters. The molecule has 2 atom stereocenters. The van der Waals surface area contributed by atoms with Crippen LogP contribution in [-0.2, 0) is 13.9 Å². The molecule has 5 nitrogen and oxygen atoms in total. The first-order valence-corrected chi connectivity index (χ1v) is 8.39. The quantitative estimate of drug-likeness (QED) is 0.431. The molecule has 0 saturated carbocycles. The Morgan fingerprint density at radius 1 is 1.36 bits per heavy atom. The van der Waals surface area contributed by atoms with E-state index in [9.17, 15) is 14.3 Å². The molecule has 1 N–H and O–H groups in total. The van der Waals surface area contributed by atoms with Crippen molar-refractivity contribution in [2.45, 2.75) is 9.83 Å². The van der Waals surface area contributed by atoms with E-state index in [2.05, 4.69) is 9.84 Å². The van der Waals surface area contributed by atoms with Crippen LogP contribution in [0, 0.1) is 0 Å². The summed E-state index contributed by atoms with van der Waals surface area (Å²) in [7, 11) is -3.08. The van der Waals surface area contributed by atoms with Gasteiger partial charge in [0.25, 0.3) is 9.70 Å². The number of alkyl halides is 3. The van der Waals surface area contributed by atoms with Crippen LogP contribution in [0.3, 0.4) is 0 Å². The Labute approximate surface area is 165 Å². The Balaban J connectivity index is 0.00000441. The molecule has 0 radical (unpaired) electrons. The van der Waals surface area contributed by atoms with Crippen LogP contribution in [0.1, 0.15) is 11.6 Å². The Kier molecular flexibility index (Phi) is 9.87. The van der Waals surface area contributed by atoms with E-state index in [1.54, 1.807) is 30.3 Å². The molecule has 0 fully saturated rings. The SMILES string of the molecule is COP(=O)([O-])/C=C/C(NC(=O)C(Cl)(Cl)Cl)c1ccccc1.[Na+]. The normalized spacial score (nSPS) is 15.7. The molecular weight excluding hydrogens is 382 g/mol. The molecule has 116 valence electrons. The molecule has 0 bridgehead atoms. The van der Waals surface area contributed by atoms with Crippen molar-refractivity contribution in [2.75, 3.05) is 7.11 Å². The van der Waals surface area contributed by atoms with Crippen molar-refractivity contribution >= 4 is 48.3 Å². The minimum absolute atomic E-state index is 0. The number of carbonyl (C=O) groups excluding carboxylic acids is 1. The van der Waals surface area contributed by atoms with Gasteiger partial charge in [-0.25, -0.2) is 0 Å². The summed E-state index contributed by atoms with van der Waals surface area (Å²) in [6, 6.07) is 7.82. The summed E-state index contributed by atoms with van der Waals surface area (Å²) in [5.41, 5.74) is 0.618. The summed E-state index contributed by atoms with van der Waals surface area (Å²) in [5, 5.41) is 2.43. The second-order valence-corrected chi connectivity index (χ2v) is 7.95. The summed E-state index contributed by atoms with van der Waals surface area (Å²) in [6.07, 6.45) is 1.24. The van der Waals surface area contributed by atoms with E-state index < -0.39 is 23.3 Å². The first kappa shape index (κ1) is 22.4. The fraction of sp³-hybridized carbons (Fsp3) is 0.250. The first-order chi connectivity index (χ1) is 9.65. The summed E-state index contributed by atoms with van der Waals surface area (Å²) in [6.45, 7) is 0. The van der Waals surface area contributed by atoms with Crippen LogP contribution in [0.4, 0.5) is 0 Å². The van der Waals surface area contributed by atoms with Crippen molar-refractivity contribution in [3.8, 4) is 0 Å². The molecule has 0 aliphatic heterocycles. The zero-order valence-corrected chi connectivity index (χ0v) is 17.0. The third-order valence-electron chi connectivity index (χ3n) is 2.42. The fourth-order valence-corrected chi connectivity index (χ4v) is 2.05. The molecule has 10 heteroatoms. The minimum atomic E-state index is -4.11. The number of hydrogen-bond donors (Lipinski definition) is 1. The van der Waals surface area contributed by atoms with Crippen molar-refractivity contribution in [2.24, 2.45) is 0 Å². The number of hydrogen-bond acceptors (Lipinski definition) is 4. The van der Waals surface area contributed by atoms with Gasteiger partial charge >= 0.3 is 29.6 Å². The van der Waals surface area contributed by atoms with Crippen molar-refractivity contribution in [1.29, 1.82) is 0 Å². The summed E-state index contributed by atoms with van der Waals surface area (Å²) in [4.78, 5) is 23.1. The van der Waals surface area contributed by atoms with Gasteiger partial charge in [-0.2, -0.15) is 0 Å². The van der Waals surface area contributed by atoms with Gasteiger partial charge in [0.2, 0.25) is 0 Å². The average Bonchev–Trinajstić information content (AvgIpc) is 2.43. The van der Waals surface area contributed by atoms with Crippen LogP contribution < -0.4 is 39.8 Å². The van der Waals surface area contributed by atoms with Gasteiger partial charge in [-0.05, 0) is 11.4 Å². The molecule has 0 saturated heterocycles. The van der Waals surface area contributed by atoms with E-state index in [0.717, 1.165) is 12.9 Å². The van der Waals surface area contributed by atoms with Gasteiger partial charge in [0.15, 0.2) is 7.60 Å². The van der Waals surface area contributed by atoms with E-state index in [-0.39, 0.29) is 29.6 Å². The van der Waals surface area contributed by atoms with Crippen LogP contribution >= 0.6 is 42.4 Å². The third-order valence-corrected chi connectivity index (χ3v) is 3.98. The number of benzene rings is 1. The van der Waals surface area contributed by atoms with E-state index in [1.165, 1.54) is 6.08 Å². The van der Waals surface area contributed by atoms with Crippen LogP contribution in [-0.4, -0.2) is 16.8 Å². The van der Waals surface area contributed by atoms with Gasteiger partial charge in [-0.1, -0.05) is 71.2 Å². The molecule has 0 spiro atoms. The Hall–Kier alpha value is 0.450. The number of rotatable bonds is 5. The predicted octanol–water partition coefficient (Wildman–Crippen LogP) is -0.0684. The molecular formula is C12H12Cl3NNaO4P. The zero-order chi connectivity index (χ0) is 16.1. The molecule has 1 aromatic carbocycles. The Morgan fingerprint density at radius 3 is 2.36 bits per heavy atom. The van der Waals surface area contributed by atoms with Gasteiger partial charge in [0.05, 0.1) is 6.04 Å². The van der Waals surface area contributed by atoms with Crippen LogP contribution in [0.15, 0.2) is 42.2 Å². The Bertz CT molecular complexity index is 565. The van der Waals surface area contributed by atoms with Crippen molar-refractivity contribution in [3.63, 3.8) is 0 Å². The standard InChI is InChI=1S/C12H13Cl3NO4P.Na/c1-20-21(18,19)8-7-10(9-5-3-2-4-6-9)16-11(17)12(13,14)15;/h2-8,10H,1H3,(H,16,17)(H,18,19);/q;+1/p-1/b8-7+;. The molecule has 1 amide bonds. The predicted molar refractivity (Wildman–Crippen MR) is 81.4 cm³/mol. The van der Waals surface area contributed by atoms with Crippen LogP contribution in [0.5, 0.6) is 0 Å². The van der Waals surface area contributed by atoms with Crippen molar-refractivity contribution in [1.82, 2.24) is 5.32 Å². The molecule has 22 heavy (non-hydrogen) atoms. The van der Waals surface area contributed by atoms with Crippen LogP contribution in [0.25, 0.3) is 0 Å². The number of nitrogens with one attached hydrogen (secondary N) is 1.